The molecule has 0 aliphatic rings. The molecule has 0 fully saturated rings. The van der Waals surface area contributed by atoms with Crippen LogP contribution in [0.1, 0.15) is 44.5 Å². The fraction of sp³-hybridized carbons (Fsp3) is 0.429. The molecule has 124 valence electrons. The van der Waals surface area contributed by atoms with E-state index in [1.165, 1.54) is 36.9 Å². The van der Waals surface area contributed by atoms with Crippen LogP contribution in [0.5, 0.6) is 0 Å². The van der Waals surface area contributed by atoms with Gasteiger partial charge in [0.25, 0.3) is 0 Å². The average molecular weight is 419 g/mol. The maximum atomic E-state index is 12.0. The van der Waals surface area contributed by atoms with Gasteiger partial charge in [0.2, 0.25) is 0 Å². The number of nitrogens with zero attached hydrogens (tertiary/aromatic N) is 2. The summed E-state index contributed by atoms with van der Waals surface area (Å²) in [4.78, 5) is 32.8. The van der Waals surface area contributed by atoms with Gasteiger partial charge in [0.15, 0.2) is 21.4 Å². The molecule has 0 N–H and O–H groups in total. The molecule has 0 aromatic carbocycles. The van der Waals surface area contributed by atoms with Crippen molar-refractivity contribution in [3.05, 3.63) is 21.6 Å². The predicted octanol–water partition coefficient (Wildman–Crippen LogP) is 3.93. The molecular formula is C14H15BrN2O4S2. The van der Waals surface area contributed by atoms with Crippen LogP contribution in [0, 0.1) is 5.92 Å². The van der Waals surface area contributed by atoms with Gasteiger partial charge in [-0.05, 0) is 5.92 Å². The Hall–Kier alpha value is -1.32. The number of carbonyl (C=O) groups excluding carboxylic acids is 2. The van der Waals surface area contributed by atoms with Crippen molar-refractivity contribution < 1.29 is 19.1 Å². The number of halogens is 1. The van der Waals surface area contributed by atoms with Gasteiger partial charge in [-0.2, -0.15) is 0 Å². The standard InChI is InChI=1S/C14H15BrN2O4S2/c1-6(2)8(15)10-9(14(19)21-4)17-12(23-10)11-16-7(5-22-11)13(18)20-3/h5-6,8H,1-4H3. The lowest BCUT2D eigenvalue weighted by Gasteiger charge is -2.12. The number of hydrogen-bond donors (Lipinski definition) is 0. The van der Waals surface area contributed by atoms with Crippen LogP contribution in [0.25, 0.3) is 10.0 Å². The minimum absolute atomic E-state index is 0.0251. The van der Waals surface area contributed by atoms with E-state index >= 15 is 0 Å². The normalized spacial score (nSPS) is 12.3. The van der Waals surface area contributed by atoms with Crippen LogP contribution in [-0.2, 0) is 9.47 Å². The fourth-order valence-corrected chi connectivity index (χ4v) is 4.25. The molecule has 0 radical (unpaired) electrons. The number of thiazole rings is 2. The first kappa shape index (κ1) is 18.0. The third-order valence-electron chi connectivity index (χ3n) is 2.95. The summed E-state index contributed by atoms with van der Waals surface area (Å²) in [6.45, 7) is 4.08. The van der Waals surface area contributed by atoms with Gasteiger partial charge in [-0.1, -0.05) is 29.8 Å². The molecule has 2 heterocycles. The van der Waals surface area contributed by atoms with Crippen LogP contribution >= 0.6 is 38.6 Å². The molecule has 0 saturated heterocycles. The zero-order valence-corrected chi connectivity index (χ0v) is 16.2. The number of aromatic nitrogens is 2. The molecule has 2 aromatic heterocycles. The number of rotatable bonds is 5. The monoisotopic (exact) mass is 418 g/mol. The summed E-state index contributed by atoms with van der Waals surface area (Å²) in [6, 6.07) is 0. The van der Waals surface area contributed by atoms with Gasteiger partial charge in [0.1, 0.15) is 0 Å². The maximum absolute atomic E-state index is 12.0. The third kappa shape index (κ3) is 3.78. The van der Waals surface area contributed by atoms with Crippen LogP contribution in [0.4, 0.5) is 0 Å². The van der Waals surface area contributed by atoms with Gasteiger partial charge in [-0.25, -0.2) is 19.6 Å². The Morgan fingerprint density at radius 3 is 2.35 bits per heavy atom. The third-order valence-corrected chi connectivity index (χ3v) is 6.89. The van der Waals surface area contributed by atoms with Gasteiger partial charge >= 0.3 is 11.9 Å². The lowest BCUT2D eigenvalue weighted by molar-refractivity contribution is 0.0585. The van der Waals surface area contributed by atoms with E-state index in [0.717, 1.165) is 4.88 Å². The van der Waals surface area contributed by atoms with Crippen LogP contribution < -0.4 is 0 Å². The van der Waals surface area contributed by atoms with E-state index in [9.17, 15) is 9.59 Å². The summed E-state index contributed by atoms with van der Waals surface area (Å²) >= 11 is 6.23. The van der Waals surface area contributed by atoms with Crippen molar-refractivity contribution in [2.45, 2.75) is 18.7 Å². The topological polar surface area (TPSA) is 78.4 Å². The van der Waals surface area contributed by atoms with Crippen molar-refractivity contribution in [3.63, 3.8) is 0 Å². The highest BCUT2D eigenvalue weighted by Gasteiger charge is 2.27. The van der Waals surface area contributed by atoms with Crippen LogP contribution in [0.15, 0.2) is 5.38 Å². The summed E-state index contributed by atoms with van der Waals surface area (Å²) in [5.41, 5.74) is 0.501. The van der Waals surface area contributed by atoms with Crippen LogP contribution in [-0.4, -0.2) is 36.1 Å². The second-order valence-electron chi connectivity index (χ2n) is 4.90. The SMILES string of the molecule is COC(=O)c1csc(-c2nc(C(=O)OC)c(C(Br)C(C)C)s2)n1. The molecule has 2 aromatic rings. The molecule has 9 heteroatoms. The average Bonchev–Trinajstić information content (AvgIpc) is 3.19. The second kappa shape index (κ2) is 7.50. The Kier molecular flexibility index (Phi) is 5.88. The Morgan fingerprint density at radius 2 is 1.78 bits per heavy atom. The molecule has 23 heavy (non-hydrogen) atoms. The predicted molar refractivity (Wildman–Crippen MR) is 92.4 cm³/mol. The molecule has 6 nitrogen and oxygen atoms in total. The van der Waals surface area contributed by atoms with Crippen molar-refractivity contribution in [3.8, 4) is 10.0 Å². The molecule has 1 unspecified atom stereocenters. The van der Waals surface area contributed by atoms with Gasteiger partial charge < -0.3 is 9.47 Å². The van der Waals surface area contributed by atoms with Gasteiger partial charge in [-0.15, -0.1) is 22.7 Å². The molecule has 0 saturated carbocycles. The lowest BCUT2D eigenvalue weighted by Crippen LogP contribution is -2.08. The van der Waals surface area contributed by atoms with E-state index in [1.807, 2.05) is 13.8 Å². The summed E-state index contributed by atoms with van der Waals surface area (Å²) in [7, 11) is 2.62. The Bertz CT molecular complexity index is 726. The number of esters is 2. The summed E-state index contributed by atoms with van der Waals surface area (Å²) < 4.78 is 9.46. The van der Waals surface area contributed by atoms with Gasteiger partial charge in [-0.3, -0.25) is 0 Å². The summed E-state index contributed by atoms with van der Waals surface area (Å²) in [6.07, 6.45) is 0. The number of hydrogen-bond acceptors (Lipinski definition) is 8. The number of ether oxygens (including phenoxy) is 2. The first-order valence-electron chi connectivity index (χ1n) is 6.66. The minimum Gasteiger partial charge on any atom is -0.464 e. The van der Waals surface area contributed by atoms with Crippen LogP contribution in [0.3, 0.4) is 0 Å². The van der Waals surface area contributed by atoms with E-state index in [4.69, 9.17) is 4.74 Å². The van der Waals surface area contributed by atoms with E-state index in [0.29, 0.717) is 10.0 Å². The number of methoxy groups -OCH3 is 2. The van der Waals surface area contributed by atoms with E-state index in [2.05, 4.69) is 30.6 Å². The quantitative estimate of drug-likeness (QED) is 0.540. The largest absolute Gasteiger partial charge is 0.464 e. The molecule has 0 bridgehead atoms. The van der Waals surface area contributed by atoms with Crippen molar-refractivity contribution in [2.24, 2.45) is 5.92 Å². The zero-order valence-electron chi connectivity index (χ0n) is 13.0. The molecule has 0 spiro atoms. The fourth-order valence-electron chi connectivity index (χ4n) is 1.73. The second-order valence-corrected chi connectivity index (χ2v) is 7.77. The van der Waals surface area contributed by atoms with Gasteiger partial charge in [0.05, 0.1) is 23.9 Å². The molecule has 2 rings (SSSR count). The smallest absolute Gasteiger partial charge is 0.357 e. The Labute approximate surface area is 150 Å². The summed E-state index contributed by atoms with van der Waals surface area (Å²) in [5.74, 6) is -0.719. The molecule has 0 aliphatic heterocycles. The maximum Gasteiger partial charge on any atom is 0.357 e. The Morgan fingerprint density at radius 1 is 1.13 bits per heavy atom. The van der Waals surface area contributed by atoms with Crippen LogP contribution in [0.2, 0.25) is 0 Å². The highest BCUT2D eigenvalue weighted by atomic mass is 79.9. The van der Waals surface area contributed by atoms with Crippen molar-refractivity contribution in [2.75, 3.05) is 14.2 Å². The molecular weight excluding hydrogens is 404 g/mol. The first-order valence-corrected chi connectivity index (χ1v) is 9.27. The van der Waals surface area contributed by atoms with E-state index in [1.54, 1.807) is 5.38 Å². The Balaban J connectivity index is 2.46. The van der Waals surface area contributed by atoms with E-state index in [-0.39, 0.29) is 22.1 Å². The highest BCUT2D eigenvalue weighted by Crippen LogP contribution is 2.40. The summed E-state index contributed by atoms with van der Waals surface area (Å²) in [5, 5.41) is 2.75. The van der Waals surface area contributed by atoms with Crippen molar-refractivity contribution in [1.29, 1.82) is 0 Å². The minimum atomic E-state index is -0.502. The highest BCUT2D eigenvalue weighted by molar-refractivity contribution is 9.09. The molecule has 1 atom stereocenters. The molecule has 0 aliphatic carbocycles. The molecule has 0 amide bonds. The van der Waals surface area contributed by atoms with Crippen molar-refractivity contribution in [1.82, 2.24) is 9.97 Å². The van der Waals surface area contributed by atoms with Crippen molar-refractivity contribution >= 4 is 50.5 Å². The van der Waals surface area contributed by atoms with E-state index < -0.39 is 11.9 Å². The first-order chi connectivity index (χ1) is 10.9. The lowest BCUT2D eigenvalue weighted by atomic mass is 10.1. The van der Waals surface area contributed by atoms with Gasteiger partial charge in [0, 0.05) is 5.38 Å². The number of carbonyl (C=O) groups is 2. The number of alkyl halides is 1. The zero-order chi connectivity index (χ0) is 17.1.